The number of nitrogens with zero attached hydrogens (tertiary/aromatic N) is 2. The van der Waals surface area contributed by atoms with Gasteiger partial charge in [-0.2, -0.15) is 0 Å². The zero-order valence-corrected chi connectivity index (χ0v) is 12.8. The maximum atomic E-state index is 6.54. The molecule has 0 spiro atoms. The van der Waals surface area contributed by atoms with Crippen molar-refractivity contribution in [2.75, 3.05) is 0 Å². The van der Waals surface area contributed by atoms with Crippen LogP contribution in [-0.2, 0) is 0 Å². The molecule has 2 aliphatic rings. The lowest BCUT2D eigenvalue weighted by Gasteiger charge is -2.18. The van der Waals surface area contributed by atoms with E-state index in [0.717, 1.165) is 22.4 Å². The summed E-state index contributed by atoms with van der Waals surface area (Å²) in [4.78, 5) is 0. The molecule has 4 heteroatoms. The van der Waals surface area contributed by atoms with E-state index in [1.807, 2.05) is 18.2 Å². The molecule has 1 heterocycles. The van der Waals surface area contributed by atoms with Crippen LogP contribution in [0.15, 0.2) is 30.3 Å². The fraction of sp³-hybridized carbons (Fsp3) is 0.500. The third kappa shape index (κ3) is 2.17. The number of halogens is 1. The van der Waals surface area contributed by atoms with Crippen molar-refractivity contribution in [3.8, 4) is 0 Å². The van der Waals surface area contributed by atoms with Gasteiger partial charge in [0.1, 0.15) is 15.4 Å². The first-order valence-electron chi connectivity index (χ1n) is 7.33. The van der Waals surface area contributed by atoms with Gasteiger partial charge in [-0.15, -0.1) is 21.8 Å². The second kappa shape index (κ2) is 5.12. The van der Waals surface area contributed by atoms with Crippen LogP contribution in [0.2, 0.25) is 0 Å². The molecule has 0 radical (unpaired) electrons. The average Bonchev–Trinajstić information content (AvgIpc) is 3.23. The van der Waals surface area contributed by atoms with E-state index in [9.17, 15) is 0 Å². The van der Waals surface area contributed by atoms with Gasteiger partial charge in [-0.05, 0) is 36.7 Å². The molecule has 4 unspecified atom stereocenters. The molecule has 2 nitrogen and oxygen atoms in total. The highest BCUT2D eigenvalue weighted by atomic mass is 35.5. The molecule has 2 aromatic rings. The minimum atomic E-state index is -0.166. The van der Waals surface area contributed by atoms with Gasteiger partial charge >= 0.3 is 0 Å². The lowest BCUT2D eigenvalue weighted by molar-refractivity contribution is 0.417. The maximum absolute atomic E-state index is 6.54. The topological polar surface area (TPSA) is 25.8 Å². The number of rotatable bonds is 3. The predicted octanol–water partition coefficient (Wildman–Crippen LogP) is 4.77. The molecule has 4 rings (SSSR count). The van der Waals surface area contributed by atoms with Gasteiger partial charge in [0.25, 0.3) is 0 Å². The minimum absolute atomic E-state index is 0.166. The number of fused-ring (bicyclic) bond motifs is 2. The van der Waals surface area contributed by atoms with Crippen LogP contribution in [0.1, 0.15) is 52.6 Å². The summed E-state index contributed by atoms with van der Waals surface area (Å²) in [7, 11) is 0. The molecule has 0 aliphatic heterocycles. The molecular weight excluding hydrogens is 288 g/mol. The van der Waals surface area contributed by atoms with Crippen LogP contribution in [0.25, 0.3) is 0 Å². The van der Waals surface area contributed by atoms with Crippen LogP contribution >= 0.6 is 22.9 Å². The van der Waals surface area contributed by atoms with Crippen LogP contribution in [0.4, 0.5) is 0 Å². The first-order valence-corrected chi connectivity index (χ1v) is 8.59. The number of benzene rings is 1. The van der Waals surface area contributed by atoms with Crippen molar-refractivity contribution >= 4 is 22.9 Å². The Labute approximate surface area is 128 Å². The lowest BCUT2D eigenvalue weighted by atomic mass is 9.89. The summed E-state index contributed by atoms with van der Waals surface area (Å²) in [6.07, 6.45) is 5.53. The van der Waals surface area contributed by atoms with Crippen LogP contribution in [0, 0.1) is 11.8 Å². The van der Waals surface area contributed by atoms with Crippen molar-refractivity contribution in [3.63, 3.8) is 0 Å². The molecule has 2 bridgehead atoms. The highest BCUT2D eigenvalue weighted by Crippen LogP contribution is 2.53. The van der Waals surface area contributed by atoms with E-state index in [-0.39, 0.29) is 5.38 Å². The van der Waals surface area contributed by atoms with Gasteiger partial charge in [0, 0.05) is 5.92 Å². The second-order valence-corrected chi connectivity index (χ2v) is 7.51. The summed E-state index contributed by atoms with van der Waals surface area (Å²) in [5.74, 6) is 2.45. The third-order valence-corrected chi connectivity index (χ3v) is 6.53. The Morgan fingerprint density at radius 2 is 1.95 bits per heavy atom. The van der Waals surface area contributed by atoms with E-state index in [1.54, 1.807) is 11.3 Å². The van der Waals surface area contributed by atoms with Gasteiger partial charge < -0.3 is 0 Å². The van der Waals surface area contributed by atoms with E-state index in [2.05, 4.69) is 22.3 Å². The number of aromatic nitrogens is 2. The van der Waals surface area contributed by atoms with E-state index < -0.39 is 0 Å². The molecule has 0 amide bonds. The van der Waals surface area contributed by atoms with Crippen molar-refractivity contribution in [2.24, 2.45) is 11.8 Å². The van der Waals surface area contributed by atoms with E-state index in [0.29, 0.717) is 5.92 Å². The molecule has 20 heavy (non-hydrogen) atoms. The van der Waals surface area contributed by atoms with Gasteiger partial charge in [-0.1, -0.05) is 48.1 Å². The predicted molar refractivity (Wildman–Crippen MR) is 82.2 cm³/mol. The highest BCUT2D eigenvalue weighted by Gasteiger charge is 2.41. The quantitative estimate of drug-likeness (QED) is 0.763. The molecular formula is C16H17ClN2S. The molecule has 2 fully saturated rings. The molecule has 2 aliphatic carbocycles. The first kappa shape index (κ1) is 12.8. The Bertz CT molecular complexity index is 598. The summed E-state index contributed by atoms with van der Waals surface area (Å²) in [6.45, 7) is 0. The molecule has 0 N–H and O–H groups in total. The van der Waals surface area contributed by atoms with Crippen molar-refractivity contribution in [2.45, 2.75) is 37.0 Å². The summed E-state index contributed by atoms with van der Waals surface area (Å²) >= 11 is 8.26. The largest absolute Gasteiger partial charge is 0.143 e. The molecule has 4 atom stereocenters. The minimum Gasteiger partial charge on any atom is -0.143 e. The van der Waals surface area contributed by atoms with E-state index in [4.69, 9.17) is 11.6 Å². The zero-order valence-electron chi connectivity index (χ0n) is 11.2. The Morgan fingerprint density at radius 1 is 1.10 bits per heavy atom. The van der Waals surface area contributed by atoms with Gasteiger partial charge in [0.2, 0.25) is 0 Å². The summed E-state index contributed by atoms with van der Waals surface area (Å²) < 4.78 is 0. The van der Waals surface area contributed by atoms with Crippen molar-refractivity contribution < 1.29 is 0 Å². The molecule has 1 aromatic heterocycles. The van der Waals surface area contributed by atoms with Gasteiger partial charge in [-0.3, -0.25) is 0 Å². The summed E-state index contributed by atoms with van der Waals surface area (Å²) in [5, 5.41) is 10.8. The number of hydrogen-bond donors (Lipinski definition) is 0. The second-order valence-electron chi connectivity index (χ2n) is 6.03. The molecule has 1 aromatic carbocycles. The Hall–Kier alpha value is -0.930. The number of hydrogen-bond acceptors (Lipinski definition) is 3. The lowest BCUT2D eigenvalue weighted by Crippen LogP contribution is -2.07. The average molecular weight is 305 g/mol. The third-order valence-electron chi connectivity index (χ3n) is 4.82. The summed E-state index contributed by atoms with van der Waals surface area (Å²) in [5.41, 5.74) is 1.10. The van der Waals surface area contributed by atoms with Crippen molar-refractivity contribution in [1.82, 2.24) is 10.2 Å². The van der Waals surface area contributed by atoms with Crippen molar-refractivity contribution in [3.05, 3.63) is 45.9 Å². The first-order chi connectivity index (χ1) is 9.81. The van der Waals surface area contributed by atoms with Crippen LogP contribution in [0.5, 0.6) is 0 Å². The SMILES string of the molecule is ClC(c1ccccc1)c1nnc(C2CC3CCC2C3)s1. The van der Waals surface area contributed by atoms with E-state index >= 15 is 0 Å². The molecule has 2 saturated carbocycles. The van der Waals surface area contributed by atoms with Gasteiger partial charge in [0.15, 0.2) is 0 Å². The Balaban J connectivity index is 1.56. The summed E-state index contributed by atoms with van der Waals surface area (Å²) in [6, 6.07) is 10.1. The van der Waals surface area contributed by atoms with Crippen LogP contribution in [-0.4, -0.2) is 10.2 Å². The maximum Gasteiger partial charge on any atom is 0.139 e. The monoisotopic (exact) mass is 304 g/mol. The zero-order chi connectivity index (χ0) is 13.5. The fourth-order valence-electron chi connectivity index (χ4n) is 3.81. The normalized spacial score (nSPS) is 29.8. The van der Waals surface area contributed by atoms with Gasteiger partial charge in [-0.25, -0.2) is 0 Å². The number of alkyl halides is 1. The Morgan fingerprint density at radius 3 is 2.65 bits per heavy atom. The fourth-order valence-corrected chi connectivity index (χ4v) is 5.19. The molecule has 0 saturated heterocycles. The van der Waals surface area contributed by atoms with Crippen LogP contribution in [0.3, 0.4) is 0 Å². The van der Waals surface area contributed by atoms with Crippen LogP contribution < -0.4 is 0 Å². The Kier molecular flexibility index (Phi) is 3.27. The smallest absolute Gasteiger partial charge is 0.139 e. The standard InChI is InChI=1S/C16H17ClN2S/c17-14(11-4-2-1-3-5-11)16-19-18-15(20-16)13-9-10-6-7-12(13)8-10/h1-5,10,12-14H,6-9H2. The molecule has 104 valence electrons. The van der Waals surface area contributed by atoms with Crippen molar-refractivity contribution in [1.29, 1.82) is 0 Å². The highest BCUT2D eigenvalue weighted by molar-refractivity contribution is 7.11. The van der Waals surface area contributed by atoms with E-state index in [1.165, 1.54) is 30.7 Å². The van der Waals surface area contributed by atoms with Gasteiger partial charge in [0.05, 0.1) is 0 Å².